The second-order valence-corrected chi connectivity index (χ2v) is 5.18. The zero-order valence-corrected chi connectivity index (χ0v) is 12.3. The predicted octanol–water partition coefficient (Wildman–Crippen LogP) is 2.01. The Morgan fingerprint density at radius 2 is 2.40 bits per heavy atom. The van der Waals surface area contributed by atoms with E-state index in [2.05, 4.69) is 10.3 Å². The third-order valence-electron chi connectivity index (χ3n) is 3.57. The number of rotatable bonds is 5. The lowest BCUT2D eigenvalue weighted by molar-refractivity contribution is 0.0566. The van der Waals surface area contributed by atoms with Gasteiger partial charge >= 0.3 is 0 Å². The van der Waals surface area contributed by atoms with Crippen molar-refractivity contribution < 1.29 is 9.53 Å². The highest BCUT2D eigenvalue weighted by molar-refractivity contribution is 5.92. The molecule has 1 unspecified atom stereocenters. The molecule has 1 amide bonds. The smallest absolute Gasteiger partial charge is 0.272 e. The fourth-order valence-electron chi connectivity index (χ4n) is 2.61. The van der Waals surface area contributed by atoms with Crippen molar-refractivity contribution in [2.24, 2.45) is 5.92 Å². The van der Waals surface area contributed by atoms with Gasteiger partial charge in [0.1, 0.15) is 5.69 Å². The summed E-state index contributed by atoms with van der Waals surface area (Å²) in [5, 5.41) is 3.17. The maximum absolute atomic E-state index is 12.4. The fourth-order valence-corrected chi connectivity index (χ4v) is 2.61. The molecule has 1 aromatic heterocycles. The van der Waals surface area contributed by atoms with Crippen molar-refractivity contribution in [3.63, 3.8) is 0 Å². The molecule has 1 aliphatic rings. The Hall–Kier alpha value is -1.62. The van der Waals surface area contributed by atoms with Crippen molar-refractivity contribution in [2.75, 3.05) is 38.7 Å². The SMILES string of the molecule is CCNc1ccc(C(=O)N2CCCC(COC)C2)nc1. The van der Waals surface area contributed by atoms with E-state index in [0.717, 1.165) is 44.8 Å². The normalized spacial score (nSPS) is 18.9. The third kappa shape index (κ3) is 3.70. The third-order valence-corrected chi connectivity index (χ3v) is 3.57. The van der Waals surface area contributed by atoms with E-state index in [-0.39, 0.29) is 5.91 Å². The van der Waals surface area contributed by atoms with Crippen molar-refractivity contribution in [1.82, 2.24) is 9.88 Å². The van der Waals surface area contributed by atoms with Crippen LogP contribution in [0.15, 0.2) is 18.3 Å². The Morgan fingerprint density at radius 3 is 3.05 bits per heavy atom. The Bertz CT molecular complexity index is 431. The monoisotopic (exact) mass is 277 g/mol. The quantitative estimate of drug-likeness (QED) is 0.894. The summed E-state index contributed by atoms with van der Waals surface area (Å²) in [7, 11) is 1.71. The van der Waals surface area contributed by atoms with Gasteiger partial charge in [0.2, 0.25) is 0 Å². The van der Waals surface area contributed by atoms with Crippen LogP contribution in [0.5, 0.6) is 0 Å². The molecule has 0 aliphatic carbocycles. The second-order valence-electron chi connectivity index (χ2n) is 5.18. The number of pyridine rings is 1. The van der Waals surface area contributed by atoms with Gasteiger partial charge in [-0.2, -0.15) is 0 Å². The van der Waals surface area contributed by atoms with Gasteiger partial charge in [-0.15, -0.1) is 0 Å². The van der Waals surface area contributed by atoms with Crippen LogP contribution in [-0.4, -0.2) is 49.1 Å². The topological polar surface area (TPSA) is 54.5 Å². The van der Waals surface area contributed by atoms with Gasteiger partial charge in [0, 0.05) is 26.7 Å². The minimum absolute atomic E-state index is 0.0221. The lowest BCUT2D eigenvalue weighted by Crippen LogP contribution is -2.41. The summed E-state index contributed by atoms with van der Waals surface area (Å²) in [4.78, 5) is 18.6. The zero-order chi connectivity index (χ0) is 14.4. The molecule has 5 heteroatoms. The molecule has 0 bridgehead atoms. The van der Waals surface area contributed by atoms with Crippen molar-refractivity contribution >= 4 is 11.6 Å². The lowest BCUT2D eigenvalue weighted by Gasteiger charge is -2.32. The van der Waals surface area contributed by atoms with E-state index in [1.165, 1.54) is 0 Å². The molecule has 1 fully saturated rings. The van der Waals surface area contributed by atoms with Crippen molar-refractivity contribution in [2.45, 2.75) is 19.8 Å². The summed E-state index contributed by atoms with van der Waals surface area (Å²) in [6.07, 6.45) is 3.88. The molecule has 5 nitrogen and oxygen atoms in total. The number of aromatic nitrogens is 1. The van der Waals surface area contributed by atoms with Crippen LogP contribution in [-0.2, 0) is 4.74 Å². The number of carbonyl (C=O) groups is 1. The van der Waals surface area contributed by atoms with Crippen molar-refractivity contribution in [3.05, 3.63) is 24.0 Å². The highest BCUT2D eigenvalue weighted by Gasteiger charge is 2.24. The Labute approximate surface area is 120 Å². The number of nitrogens with zero attached hydrogens (tertiary/aromatic N) is 2. The molecular weight excluding hydrogens is 254 g/mol. The van der Waals surface area contributed by atoms with Crippen LogP contribution in [0.3, 0.4) is 0 Å². The summed E-state index contributed by atoms with van der Waals surface area (Å²) in [6.45, 7) is 5.18. The molecule has 20 heavy (non-hydrogen) atoms. The van der Waals surface area contributed by atoms with Gasteiger partial charge in [0.05, 0.1) is 18.5 Å². The highest BCUT2D eigenvalue weighted by Crippen LogP contribution is 2.18. The van der Waals surface area contributed by atoms with Gasteiger partial charge in [-0.3, -0.25) is 4.79 Å². The maximum Gasteiger partial charge on any atom is 0.272 e. The van der Waals surface area contributed by atoms with Crippen LogP contribution >= 0.6 is 0 Å². The number of amides is 1. The van der Waals surface area contributed by atoms with E-state index < -0.39 is 0 Å². The van der Waals surface area contributed by atoms with Crippen LogP contribution < -0.4 is 5.32 Å². The average Bonchev–Trinajstić information content (AvgIpc) is 2.48. The van der Waals surface area contributed by atoms with E-state index in [1.807, 2.05) is 17.9 Å². The van der Waals surface area contributed by atoms with Gasteiger partial charge < -0.3 is 15.0 Å². The number of nitrogens with one attached hydrogen (secondary N) is 1. The molecule has 1 N–H and O–H groups in total. The van der Waals surface area contributed by atoms with E-state index in [4.69, 9.17) is 4.74 Å². The predicted molar refractivity (Wildman–Crippen MR) is 78.9 cm³/mol. The minimum atomic E-state index is 0.0221. The van der Waals surface area contributed by atoms with E-state index in [1.54, 1.807) is 19.4 Å². The summed E-state index contributed by atoms with van der Waals surface area (Å²) in [5.41, 5.74) is 1.46. The first kappa shape index (κ1) is 14.8. The molecule has 110 valence electrons. The molecule has 0 aromatic carbocycles. The number of carbonyl (C=O) groups excluding carboxylic acids is 1. The minimum Gasteiger partial charge on any atom is -0.384 e. The Balaban J connectivity index is 1.99. The van der Waals surface area contributed by atoms with E-state index in [9.17, 15) is 4.79 Å². The molecule has 1 saturated heterocycles. The first-order valence-corrected chi connectivity index (χ1v) is 7.22. The molecule has 0 spiro atoms. The van der Waals surface area contributed by atoms with Crippen molar-refractivity contribution in [1.29, 1.82) is 0 Å². The molecular formula is C15H23N3O2. The number of piperidine rings is 1. The second kappa shape index (κ2) is 7.24. The van der Waals surface area contributed by atoms with Gasteiger partial charge in [-0.1, -0.05) is 0 Å². The first-order valence-electron chi connectivity index (χ1n) is 7.22. The van der Waals surface area contributed by atoms with E-state index >= 15 is 0 Å². The van der Waals surface area contributed by atoms with Crippen LogP contribution in [0.1, 0.15) is 30.3 Å². The summed E-state index contributed by atoms with van der Waals surface area (Å²) < 4.78 is 5.20. The number of hydrogen-bond acceptors (Lipinski definition) is 4. The Kier molecular flexibility index (Phi) is 5.35. The largest absolute Gasteiger partial charge is 0.384 e. The van der Waals surface area contributed by atoms with Crippen molar-refractivity contribution in [3.8, 4) is 0 Å². The van der Waals surface area contributed by atoms with Crippen LogP contribution in [0.25, 0.3) is 0 Å². The summed E-state index contributed by atoms with van der Waals surface area (Å²) in [6, 6.07) is 3.70. The van der Waals surface area contributed by atoms with Crippen LogP contribution in [0, 0.1) is 5.92 Å². The van der Waals surface area contributed by atoms with Gasteiger partial charge in [0.25, 0.3) is 5.91 Å². The first-order chi connectivity index (χ1) is 9.74. The number of likely N-dealkylation sites (tertiary alicyclic amines) is 1. The lowest BCUT2D eigenvalue weighted by atomic mass is 9.98. The molecule has 1 aliphatic heterocycles. The number of hydrogen-bond donors (Lipinski definition) is 1. The molecule has 1 atom stereocenters. The molecule has 2 rings (SSSR count). The molecule has 0 radical (unpaired) electrons. The maximum atomic E-state index is 12.4. The molecule has 2 heterocycles. The number of ether oxygens (including phenoxy) is 1. The Morgan fingerprint density at radius 1 is 1.55 bits per heavy atom. The zero-order valence-electron chi connectivity index (χ0n) is 12.3. The number of anilines is 1. The van der Waals surface area contributed by atoms with Gasteiger partial charge in [0.15, 0.2) is 0 Å². The average molecular weight is 277 g/mol. The summed E-state index contributed by atoms with van der Waals surface area (Å²) >= 11 is 0. The highest BCUT2D eigenvalue weighted by atomic mass is 16.5. The van der Waals surface area contributed by atoms with E-state index in [0.29, 0.717) is 11.6 Å². The van der Waals surface area contributed by atoms with Gasteiger partial charge in [-0.25, -0.2) is 4.98 Å². The standard InChI is InChI=1S/C15H23N3O2/c1-3-16-13-6-7-14(17-9-13)15(19)18-8-4-5-12(10-18)11-20-2/h6-7,9,12,16H,3-5,8,10-11H2,1-2H3. The molecule has 0 saturated carbocycles. The van der Waals surface area contributed by atoms with Crippen LogP contribution in [0.4, 0.5) is 5.69 Å². The number of methoxy groups -OCH3 is 1. The fraction of sp³-hybridized carbons (Fsp3) is 0.600. The van der Waals surface area contributed by atoms with Crippen LogP contribution in [0.2, 0.25) is 0 Å². The summed E-state index contributed by atoms with van der Waals surface area (Å²) in [5.74, 6) is 0.465. The molecule has 1 aromatic rings. The van der Waals surface area contributed by atoms with Gasteiger partial charge in [-0.05, 0) is 37.8 Å².